The SMILES string of the molecule is CC(=O)c1cccc(N(CC(=O)N(Cc2ccccc2F)C(Cc2ccccc2)C(=O)NC(C)C)S(C)(=O)=O)c1. The summed E-state index contributed by atoms with van der Waals surface area (Å²) in [5.41, 5.74) is 1.35. The number of halogens is 1. The summed E-state index contributed by atoms with van der Waals surface area (Å²) in [6.07, 6.45) is 1.08. The Morgan fingerprint density at radius 1 is 0.925 bits per heavy atom. The fourth-order valence-corrected chi connectivity index (χ4v) is 5.08. The average molecular weight is 568 g/mol. The van der Waals surface area contributed by atoms with Crippen molar-refractivity contribution in [2.24, 2.45) is 0 Å². The second kappa shape index (κ2) is 13.3. The number of carbonyl (C=O) groups excluding carboxylic acids is 3. The van der Waals surface area contributed by atoms with Gasteiger partial charge in [0.15, 0.2) is 5.78 Å². The van der Waals surface area contributed by atoms with E-state index in [9.17, 15) is 27.2 Å². The van der Waals surface area contributed by atoms with Crippen molar-refractivity contribution in [2.45, 2.75) is 45.8 Å². The van der Waals surface area contributed by atoms with E-state index in [4.69, 9.17) is 0 Å². The largest absolute Gasteiger partial charge is 0.352 e. The maximum absolute atomic E-state index is 14.8. The topological polar surface area (TPSA) is 104 Å². The molecule has 0 aliphatic carbocycles. The number of nitrogens with zero attached hydrogens (tertiary/aromatic N) is 2. The molecular formula is C30H34FN3O5S. The van der Waals surface area contributed by atoms with Crippen molar-refractivity contribution in [3.63, 3.8) is 0 Å². The molecule has 0 bridgehead atoms. The number of nitrogens with one attached hydrogen (secondary N) is 1. The highest BCUT2D eigenvalue weighted by molar-refractivity contribution is 7.92. The second-order valence-electron chi connectivity index (χ2n) is 9.86. The average Bonchev–Trinajstić information content (AvgIpc) is 2.89. The third kappa shape index (κ3) is 8.22. The minimum Gasteiger partial charge on any atom is -0.352 e. The molecule has 0 radical (unpaired) electrons. The van der Waals surface area contributed by atoms with Crippen molar-refractivity contribution in [3.05, 3.63) is 101 Å². The molecule has 1 atom stereocenters. The summed E-state index contributed by atoms with van der Waals surface area (Å²) in [7, 11) is -3.99. The molecule has 0 saturated heterocycles. The van der Waals surface area contributed by atoms with Gasteiger partial charge in [0.25, 0.3) is 0 Å². The van der Waals surface area contributed by atoms with Crippen molar-refractivity contribution in [2.75, 3.05) is 17.1 Å². The van der Waals surface area contributed by atoms with Gasteiger partial charge in [-0.1, -0.05) is 60.7 Å². The van der Waals surface area contributed by atoms with Crippen LogP contribution in [-0.2, 0) is 32.6 Å². The number of carbonyl (C=O) groups is 3. The maximum Gasteiger partial charge on any atom is 0.244 e. The van der Waals surface area contributed by atoms with Crippen LogP contribution in [0.3, 0.4) is 0 Å². The van der Waals surface area contributed by atoms with Gasteiger partial charge >= 0.3 is 0 Å². The molecule has 1 unspecified atom stereocenters. The van der Waals surface area contributed by atoms with Gasteiger partial charge in [0.1, 0.15) is 18.4 Å². The van der Waals surface area contributed by atoms with Crippen LogP contribution >= 0.6 is 0 Å². The number of Topliss-reactive ketones (excluding diaryl/α,β-unsaturated/α-hetero) is 1. The molecule has 0 heterocycles. The molecule has 3 aromatic rings. The zero-order valence-corrected chi connectivity index (χ0v) is 23.8. The fraction of sp³-hybridized carbons (Fsp3) is 0.300. The van der Waals surface area contributed by atoms with E-state index in [1.54, 1.807) is 26.0 Å². The zero-order valence-electron chi connectivity index (χ0n) is 23.0. The van der Waals surface area contributed by atoms with Crippen molar-refractivity contribution in [3.8, 4) is 0 Å². The van der Waals surface area contributed by atoms with Gasteiger partial charge in [-0.15, -0.1) is 0 Å². The normalized spacial score (nSPS) is 12.1. The lowest BCUT2D eigenvalue weighted by atomic mass is 10.0. The lowest BCUT2D eigenvalue weighted by Crippen LogP contribution is -2.54. The Kier molecular flexibility index (Phi) is 10.2. The Balaban J connectivity index is 2.08. The molecule has 0 aromatic heterocycles. The van der Waals surface area contributed by atoms with Crippen LogP contribution in [0.1, 0.15) is 42.3 Å². The highest BCUT2D eigenvalue weighted by Crippen LogP contribution is 2.22. The van der Waals surface area contributed by atoms with E-state index in [0.717, 1.165) is 16.1 Å². The Morgan fingerprint density at radius 3 is 2.17 bits per heavy atom. The molecule has 8 nitrogen and oxygen atoms in total. The highest BCUT2D eigenvalue weighted by atomic mass is 32.2. The lowest BCUT2D eigenvalue weighted by Gasteiger charge is -2.34. The monoisotopic (exact) mass is 567 g/mol. The standard InChI is InChI=1S/C30H34FN3O5S/c1-21(2)32-30(37)28(17-23-11-6-5-7-12-23)33(19-25-13-8-9-16-27(25)31)29(36)20-34(40(4,38)39)26-15-10-14-24(18-26)22(3)35/h5-16,18,21,28H,17,19-20H2,1-4H3,(H,32,37). The van der Waals surface area contributed by atoms with Crippen molar-refractivity contribution >= 4 is 33.3 Å². The third-order valence-electron chi connectivity index (χ3n) is 6.22. The molecule has 0 aliphatic heterocycles. The van der Waals surface area contributed by atoms with E-state index in [0.29, 0.717) is 0 Å². The first-order valence-electron chi connectivity index (χ1n) is 12.8. The van der Waals surface area contributed by atoms with E-state index in [1.165, 1.54) is 48.2 Å². The molecule has 2 amide bonds. The summed E-state index contributed by atoms with van der Waals surface area (Å²) in [6, 6.07) is 19.6. The highest BCUT2D eigenvalue weighted by Gasteiger charge is 2.33. The Morgan fingerprint density at radius 2 is 1.57 bits per heavy atom. The van der Waals surface area contributed by atoms with Crippen LogP contribution in [0.25, 0.3) is 0 Å². The predicted octanol–water partition coefficient (Wildman–Crippen LogP) is 3.96. The molecule has 0 spiro atoms. The first-order valence-corrected chi connectivity index (χ1v) is 14.7. The Labute approximate surface area is 234 Å². The summed E-state index contributed by atoms with van der Waals surface area (Å²) in [5, 5.41) is 2.84. The van der Waals surface area contributed by atoms with Gasteiger partial charge < -0.3 is 10.2 Å². The van der Waals surface area contributed by atoms with Crippen LogP contribution in [-0.4, -0.2) is 55.8 Å². The maximum atomic E-state index is 14.8. The van der Waals surface area contributed by atoms with E-state index in [2.05, 4.69) is 5.32 Å². The molecule has 212 valence electrons. The van der Waals surface area contributed by atoms with Gasteiger partial charge in [-0.3, -0.25) is 18.7 Å². The minimum absolute atomic E-state index is 0.123. The number of amides is 2. The first kappa shape index (κ1) is 30.5. The van der Waals surface area contributed by atoms with Gasteiger partial charge in [-0.2, -0.15) is 0 Å². The van der Waals surface area contributed by atoms with Crippen LogP contribution < -0.4 is 9.62 Å². The van der Waals surface area contributed by atoms with Crippen LogP contribution in [0.5, 0.6) is 0 Å². The van der Waals surface area contributed by atoms with Crippen LogP contribution in [0.2, 0.25) is 0 Å². The van der Waals surface area contributed by atoms with E-state index < -0.39 is 40.2 Å². The number of rotatable bonds is 12. The summed E-state index contributed by atoms with van der Waals surface area (Å²) in [4.78, 5) is 40.6. The fourth-order valence-electron chi connectivity index (χ4n) is 4.24. The van der Waals surface area contributed by atoms with Gasteiger partial charge in [0.2, 0.25) is 21.8 Å². The molecule has 1 N–H and O–H groups in total. The Bertz CT molecular complexity index is 1460. The smallest absolute Gasteiger partial charge is 0.244 e. The number of ketones is 1. The number of hydrogen-bond acceptors (Lipinski definition) is 5. The number of benzene rings is 3. The lowest BCUT2D eigenvalue weighted by molar-refractivity contribution is -0.140. The molecule has 40 heavy (non-hydrogen) atoms. The zero-order chi connectivity index (χ0) is 29.4. The summed E-state index contributed by atoms with van der Waals surface area (Å²) in [5.74, 6) is -1.98. The van der Waals surface area contributed by atoms with Gasteiger partial charge in [-0.05, 0) is 44.5 Å². The molecule has 0 saturated carbocycles. The van der Waals surface area contributed by atoms with Crippen molar-refractivity contribution < 1.29 is 27.2 Å². The number of sulfonamides is 1. The number of hydrogen-bond donors (Lipinski definition) is 1. The van der Waals surface area contributed by atoms with E-state index >= 15 is 0 Å². The van der Waals surface area contributed by atoms with E-state index in [-0.39, 0.29) is 41.6 Å². The quantitative estimate of drug-likeness (QED) is 0.334. The molecule has 0 fully saturated rings. The summed E-state index contributed by atoms with van der Waals surface area (Å²) >= 11 is 0. The summed E-state index contributed by atoms with van der Waals surface area (Å²) in [6.45, 7) is 4.00. The van der Waals surface area contributed by atoms with Gasteiger partial charge in [0.05, 0.1) is 11.9 Å². The third-order valence-corrected chi connectivity index (χ3v) is 7.36. The van der Waals surface area contributed by atoms with Crippen LogP contribution in [0.4, 0.5) is 10.1 Å². The molecule has 10 heteroatoms. The van der Waals surface area contributed by atoms with Gasteiger partial charge in [-0.25, -0.2) is 12.8 Å². The molecular weight excluding hydrogens is 533 g/mol. The second-order valence-corrected chi connectivity index (χ2v) is 11.8. The molecule has 0 aliphatic rings. The predicted molar refractivity (Wildman–Crippen MR) is 153 cm³/mol. The minimum atomic E-state index is -3.99. The van der Waals surface area contributed by atoms with Crippen LogP contribution in [0.15, 0.2) is 78.9 Å². The van der Waals surface area contributed by atoms with E-state index in [1.807, 2.05) is 30.3 Å². The van der Waals surface area contributed by atoms with Crippen LogP contribution in [0, 0.1) is 5.82 Å². The summed E-state index contributed by atoms with van der Waals surface area (Å²) < 4.78 is 41.4. The molecule has 3 rings (SSSR count). The Hall–Kier alpha value is -4.05. The number of anilines is 1. The van der Waals surface area contributed by atoms with Crippen molar-refractivity contribution in [1.29, 1.82) is 0 Å². The van der Waals surface area contributed by atoms with Gasteiger partial charge in [0, 0.05) is 30.1 Å². The molecule has 3 aromatic carbocycles. The van der Waals surface area contributed by atoms with Crippen molar-refractivity contribution in [1.82, 2.24) is 10.2 Å². The first-order chi connectivity index (χ1) is 18.9.